The second-order valence-corrected chi connectivity index (χ2v) is 5.84. The van der Waals surface area contributed by atoms with Gasteiger partial charge in [0.2, 0.25) is 0 Å². The van der Waals surface area contributed by atoms with Crippen LogP contribution in [0.15, 0.2) is 6.33 Å². The summed E-state index contributed by atoms with van der Waals surface area (Å²) in [6.07, 6.45) is 8.28. The van der Waals surface area contributed by atoms with Crippen molar-refractivity contribution in [3.05, 3.63) is 29.1 Å². The summed E-state index contributed by atoms with van der Waals surface area (Å²) in [7, 11) is 0. The van der Waals surface area contributed by atoms with Gasteiger partial charge in [0.15, 0.2) is 5.69 Å². The number of fused-ring (bicyclic) bond motifs is 1. The standard InChI is InChI=1S/C17H25N3O2/c1-4-6-8-11-17(18-3,16(21)22-5-2)15-14-10-7-9-12-20(14)13-19-15/h13H,4-12H2,1-2H3. The molecule has 1 aromatic rings. The molecule has 1 unspecified atom stereocenters. The van der Waals surface area contributed by atoms with E-state index in [1.807, 2.05) is 0 Å². The largest absolute Gasteiger partial charge is 0.460 e. The smallest absolute Gasteiger partial charge is 0.400 e. The van der Waals surface area contributed by atoms with Gasteiger partial charge in [0.25, 0.3) is 0 Å². The summed E-state index contributed by atoms with van der Waals surface area (Å²) in [4.78, 5) is 20.8. The van der Waals surface area contributed by atoms with Crippen molar-refractivity contribution in [3.8, 4) is 0 Å². The van der Waals surface area contributed by atoms with Crippen LogP contribution in [0.3, 0.4) is 0 Å². The monoisotopic (exact) mass is 303 g/mol. The third kappa shape index (κ3) is 3.01. The Hall–Kier alpha value is -1.83. The summed E-state index contributed by atoms with van der Waals surface area (Å²) < 4.78 is 7.34. The number of hydrogen-bond donors (Lipinski definition) is 0. The minimum atomic E-state index is -1.26. The fourth-order valence-corrected chi connectivity index (χ4v) is 3.14. The van der Waals surface area contributed by atoms with Crippen LogP contribution in [0.5, 0.6) is 0 Å². The van der Waals surface area contributed by atoms with Gasteiger partial charge in [-0.2, -0.15) is 0 Å². The van der Waals surface area contributed by atoms with Crippen molar-refractivity contribution in [1.82, 2.24) is 9.55 Å². The van der Waals surface area contributed by atoms with Crippen LogP contribution in [-0.4, -0.2) is 22.1 Å². The van der Waals surface area contributed by atoms with E-state index in [0.717, 1.165) is 50.8 Å². The van der Waals surface area contributed by atoms with Crippen LogP contribution in [0.1, 0.15) is 63.8 Å². The molecule has 0 N–H and O–H groups in total. The molecule has 1 aliphatic rings. The summed E-state index contributed by atoms with van der Waals surface area (Å²) in [5.74, 6) is -0.437. The first-order chi connectivity index (χ1) is 10.7. The van der Waals surface area contributed by atoms with Crippen molar-refractivity contribution in [3.63, 3.8) is 0 Å². The van der Waals surface area contributed by atoms with Gasteiger partial charge in [0.05, 0.1) is 12.9 Å². The highest BCUT2D eigenvalue weighted by atomic mass is 16.5. The van der Waals surface area contributed by atoms with Crippen LogP contribution in [0.4, 0.5) is 0 Å². The zero-order valence-electron chi connectivity index (χ0n) is 13.6. The number of unbranched alkanes of at least 4 members (excludes halogenated alkanes) is 2. The lowest BCUT2D eigenvalue weighted by Crippen LogP contribution is -2.36. The van der Waals surface area contributed by atoms with Gasteiger partial charge in [0.1, 0.15) is 0 Å². The average Bonchev–Trinajstić information content (AvgIpc) is 2.97. The molecule has 0 saturated heterocycles. The van der Waals surface area contributed by atoms with Crippen molar-refractivity contribution in [2.24, 2.45) is 0 Å². The molecule has 0 fully saturated rings. The molecule has 5 heteroatoms. The van der Waals surface area contributed by atoms with E-state index in [2.05, 4.69) is 21.3 Å². The molecule has 5 nitrogen and oxygen atoms in total. The van der Waals surface area contributed by atoms with Crippen LogP contribution in [-0.2, 0) is 28.0 Å². The number of aromatic nitrogens is 2. The first-order valence-corrected chi connectivity index (χ1v) is 8.30. The lowest BCUT2D eigenvalue weighted by molar-refractivity contribution is -0.148. The summed E-state index contributed by atoms with van der Waals surface area (Å²) in [5.41, 5.74) is 0.423. The van der Waals surface area contributed by atoms with E-state index in [1.165, 1.54) is 0 Å². The average molecular weight is 303 g/mol. The summed E-state index contributed by atoms with van der Waals surface area (Å²) in [5, 5.41) is 0. The lowest BCUT2D eigenvalue weighted by atomic mass is 9.86. The number of aryl methyl sites for hydroxylation is 1. The number of ether oxygens (including phenoxy) is 1. The number of nitrogens with zero attached hydrogens (tertiary/aromatic N) is 3. The lowest BCUT2D eigenvalue weighted by Gasteiger charge is -2.22. The first-order valence-electron chi connectivity index (χ1n) is 8.30. The minimum absolute atomic E-state index is 0.292. The molecule has 0 radical (unpaired) electrons. The molecule has 0 amide bonds. The Bertz CT molecular complexity index is 559. The topological polar surface area (TPSA) is 48.5 Å². The molecule has 1 aliphatic heterocycles. The number of carbonyl (C=O) groups is 1. The van der Waals surface area contributed by atoms with E-state index in [0.29, 0.717) is 18.7 Å². The zero-order chi connectivity index (χ0) is 16.0. The molecule has 0 saturated carbocycles. The summed E-state index contributed by atoms with van der Waals surface area (Å²) >= 11 is 0. The highest BCUT2D eigenvalue weighted by Gasteiger charge is 2.52. The van der Waals surface area contributed by atoms with Gasteiger partial charge in [0, 0.05) is 18.7 Å². The first kappa shape index (κ1) is 16.5. The van der Waals surface area contributed by atoms with Crippen LogP contribution in [0.2, 0.25) is 0 Å². The SMILES string of the molecule is [C-]#[N+]C(CCCCC)(C(=O)OCC)c1ncn2c1CCCC2. The number of rotatable bonds is 7. The second-order valence-electron chi connectivity index (χ2n) is 5.84. The van der Waals surface area contributed by atoms with Crippen LogP contribution in [0, 0.1) is 6.57 Å². The number of imidazole rings is 1. The molecular formula is C17H25N3O2. The number of hydrogen-bond acceptors (Lipinski definition) is 3. The molecule has 2 heterocycles. The van der Waals surface area contributed by atoms with Gasteiger partial charge in [-0.1, -0.05) is 19.8 Å². The zero-order valence-corrected chi connectivity index (χ0v) is 13.6. The number of esters is 1. The highest BCUT2D eigenvalue weighted by Crippen LogP contribution is 2.36. The van der Waals surface area contributed by atoms with Crippen molar-refractivity contribution in [1.29, 1.82) is 0 Å². The maximum Gasteiger partial charge on any atom is 0.400 e. The molecule has 0 aliphatic carbocycles. The molecule has 1 aromatic heterocycles. The molecule has 120 valence electrons. The molecule has 0 spiro atoms. The maximum absolute atomic E-state index is 12.6. The molecule has 0 bridgehead atoms. The van der Waals surface area contributed by atoms with E-state index in [4.69, 9.17) is 11.3 Å². The quantitative estimate of drug-likeness (QED) is 0.440. The summed E-state index contributed by atoms with van der Waals surface area (Å²) in [6.45, 7) is 12.8. The van der Waals surface area contributed by atoms with Gasteiger partial charge >= 0.3 is 11.5 Å². The third-order valence-electron chi connectivity index (χ3n) is 4.35. The van der Waals surface area contributed by atoms with E-state index in [-0.39, 0.29) is 0 Å². The van der Waals surface area contributed by atoms with E-state index in [1.54, 1.807) is 13.3 Å². The Morgan fingerprint density at radius 2 is 2.27 bits per heavy atom. The van der Waals surface area contributed by atoms with Crippen molar-refractivity contribution in [2.75, 3.05) is 6.61 Å². The predicted molar refractivity (Wildman–Crippen MR) is 84.2 cm³/mol. The Morgan fingerprint density at radius 1 is 1.45 bits per heavy atom. The Labute approximate surface area is 132 Å². The van der Waals surface area contributed by atoms with E-state index >= 15 is 0 Å². The van der Waals surface area contributed by atoms with Gasteiger partial charge in [-0.3, -0.25) is 4.85 Å². The molecule has 22 heavy (non-hydrogen) atoms. The van der Waals surface area contributed by atoms with Crippen molar-refractivity contribution < 1.29 is 9.53 Å². The van der Waals surface area contributed by atoms with Crippen LogP contribution in [0.25, 0.3) is 4.85 Å². The van der Waals surface area contributed by atoms with Crippen molar-refractivity contribution >= 4 is 5.97 Å². The van der Waals surface area contributed by atoms with Gasteiger partial charge in [-0.25, -0.2) is 16.4 Å². The normalized spacial score (nSPS) is 16.4. The van der Waals surface area contributed by atoms with Gasteiger partial charge < -0.3 is 9.30 Å². The van der Waals surface area contributed by atoms with Gasteiger partial charge in [-0.15, -0.1) is 0 Å². The maximum atomic E-state index is 12.6. The minimum Gasteiger partial charge on any atom is -0.460 e. The third-order valence-corrected chi connectivity index (χ3v) is 4.35. The second kappa shape index (κ2) is 7.44. The Morgan fingerprint density at radius 3 is 2.95 bits per heavy atom. The Balaban J connectivity index is 2.40. The highest BCUT2D eigenvalue weighted by molar-refractivity contribution is 5.84. The summed E-state index contributed by atoms with van der Waals surface area (Å²) in [6, 6.07) is 0. The van der Waals surface area contributed by atoms with E-state index in [9.17, 15) is 4.79 Å². The molecule has 0 aromatic carbocycles. The molecule has 1 atom stereocenters. The van der Waals surface area contributed by atoms with Crippen LogP contribution >= 0.6 is 0 Å². The fraction of sp³-hybridized carbons (Fsp3) is 0.706. The molecule has 2 rings (SSSR count). The Kier molecular flexibility index (Phi) is 5.59. The molecular weight excluding hydrogens is 278 g/mol. The van der Waals surface area contributed by atoms with Crippen molar-refractivity contribution in [2.45, 2.75) is 70.9 Å². The number of carbonyl (C=O) groups excluding carboxylic acids is 1. The van der Waals surface area contributed by atoms with E-state index < -0.39 is 11.5 Å². The fourth-order valence-electron chi connectivity index (χ4n) is 3.14. The van der Waals surface area contributed by atoms with Crippen LogP contribution < -0.4 is 0 Å². The van der Waals surface area contributed by atoms with Gasteiger partial charge in [-0.05, 0) is 32.6 Å². The predicted octanol–water partition coefficient (Wildman–Crippen LogP) is 3.48.